The molecule has 0 aliphatic heterocycles. The molecule has 0 spiro atoms. The lowest BCUT2D eigenvalue weighted by Gasteiger charge is -2.23. The standard InChI is InChI=1S/C15H21N3O/c1-10-16-14(18(5)17-10)11-8-7-9-12(13(11)19-6)15(2,3)4/h7-9H,1-6H3. The Bertz CT molecular complexity index is 594. The van der Waals surface area contributed by atoms with Crippen LogP contribution in [0.5, 0.6) is 5.75 Å². The minimum absolute atomic E-state index is 0.0228. The summed E-state index contributed by atoms with van der Waals surface area (Å²) in [6.07, 6.45) is 0. The van der Waals surface area contributed by atoms with Crippen molar-refractivity contribution in [3.63, 3.8) is 0 Å². The second kappa shape index (κ2) is 4.68. The van der Waals surface area contributed by atoms with Gasteiger partial charge in [-0.2, -0.15) is 5.10 Å². The van der Waals surface area contributed by atoms with Crippen LogP contribution < -0.4 is 4.74 Å². The largest absolute Gasteiger partial charge is 0.496 e. The summed E-state index contributed by atoms with van der Waals surface area (Å²) in [4.78, 5) is 4.48. The Kier molecular flexibility index (Phi) is 3.35. The van der Waals surface area contributed by atoms with Crippen LogP contribution in [0.25, 0.3) is 11.4 Å². The number of aromatic nitrogens is 3. The minimum atomic E-state index is 0.0228. The van der Waals surface area contributed by atoms with E-state index in [1.165, 1.54) is 5.56 Å². The van der Waals surface area contributed by atoms with Crippen LogP contribution in [-0.4, -0.2) is 21.9 Å². The highest BCUT2D eigenvalue weighted by Crippen LogP contribution is 2.38. The smallest absolute Gasteiger partial charge is 0.161 e. The first-order valence-corrected chi connectivity index (χ1v) is 6.40. The predicted octanol–water partition coefficient (Wildman–Crippen LogP) is 3.10. The minimum Gasteiger partial charge on any atom is -0.496 e. The number of nitrogens with zero attached hydrogens (tertiary/aromatic N) is 3. The van der Waals surface area contributed by atoms with Gasteiger partial charge in [0.05, 0.1) is 12.7 Å². The van der Waals surface area contributed by atoms with Gasteiger partial charge >= 0.3 is 0 Å². The molecule has 2 aromatic rings. The SMILES string of the molecule is COc1c(-c2nc(C)nn2C)cccc1C(C)(C)C. The topological polar surface area (TPSA) is 39.9 Å². The number of benzene rings is 1. The zero-order valence-corrected chi connectivity index (χ0v) is 12.5. The summed E-state index contributed by atoms with van der Waals surface area (Å²) in [6.45, 7) is 8.42. The Morgan fingerprint density at radius 2 is 1.89 bits per heavy atom. The van der Waals surface area contributed by atoms with E-state index in [0.29, 0.717) is 0 Å². The van der Waals surface area contributed by atoms with E-state index in [-0.39, 0.29) is 5.41 Å². The third-order valence-electron chi connectivity index (χ3n) is 3.14. The molecule has 0 aliphatic rings. The van der Waals surface area contributed by atoms with Gasteiger partial charge in [-0.1, -0.05) is 32.9 Å². The van der Waals surface area contributed by atoms with Gasteiger partial charge in [0.2, 0.25) is 0 Å². The number of para-hydroxylation sites is 1. The van der Waals surface area contributed by atoms with Crippen molar-refractivity contribution in [2.75, 3.05) is 7.11 Å². The molecule has 102 valence electrons. The van der Waals surface area contributed by atoms with Crippen molar-refractivity contribution in [2.24, 2.45) is 7.05 Å². The average molecular weight is 259 g/mol. The molecule has 0 atom stereocenters. The average Bonchev–Trinajstić information content (AvgIpc) is 2.66. The molecule has 4 nitrogen and oxygen atoms in total. The van der Waals surface area contributed by atoms with E-state index in [0.717, 1.165) is 23.0 Å². The first-order chi connectivity index (χ1) is 8.84. The summed E-state index contributed by atoms with van der Waals surface area (Å²) < 4.78 is 7.43. The Morgan fingerprint density at radius 1 is 1.21 bits per heavy atom. The van der Waals surface area contributed by atoms with Gasteiger partial charge in [0.1, 0.15) is 11.6 Å². The van der Waals surface area contributed by atoms with Gasteiger partial charge in [-0.05, 0) is 18.4 Å². The summed E-state index contributed by atoms with van der Waals surface area (Å²) >= 11 is 0. The molecule has 0 saturated heterocycles. The van der Waals surface area contributed by atoms with Crippen LogP contribution in [0.2, 0.25) is 0 Å². The number of rotatable bonds is 2. The number of hydrogen-bond donors (Lipinski definition) is 0. The van der Waals surface area contributed by atoms with Crippen LogP contribution in [0.1, 0.15) is 32.2 Å². The monoisotopic (exact) mass is 259 g/mol. The molecule has 2 rings (SSSR count). The highest BCUT2D eigenvalue weighted by atomic mass is 16.5. The number of hydrogen-bond acceptors (Lipinski definition) is 3. The van der Waals surface area contributed by atoms with E-state index >= 15 is 0 Å². The van der Waals surface area contributed by atoms with E-state index in [4.69, 9.17) is 4.74 Å². The third kappa shape index (κ3) is 2.48. The lowest BCUT2D eigenvalue weighted by molar-refractivity contribution is 0.398. The molecule has 0 aliphatic carbocycles. The Balaban J connectivity index is 2.68. The molecule has 1 heterocycles. The molecule has 0 N–H and O–H groups in total. The maximum absolute atomic E-state index is 5.64. The summed E-state index contributed by atoms with van der Waals surface area (Å²) in [5.74, 6) is 2.48. The van der Waals surface area contributed by atoms with Crippen LogP contribution in [0.3, 0.4) is 0 Å². The zero-order valence-electron chi connectivity index (χ0n) is 12.5. The van der Waals surface area contributed by atoms with Crippen LogP contribution in [-0.2, 0) is 12.5 Å². The fourth-order valence-electron chi connectivity index (χ4n) is 2.27. The van der Waals surface area contributed by atoms with Crippen molar-refractivity contribution in [2.45, 2.75) is 33.1 Å². The molecule has 1 aromatic carbocycles. The maximum atomic E-state index is 5.64. The molecule has 0 unspecified atom stereocenters. The van der Waals surface area contributed by atoms with E-state index in [9.17, 15) is 0 Å². The van der Waals surface area contributed by atoms with E-state index in [2.05, 4.69) is 36.9 Å². The summed E-state index contributed by atoms with van der Waals surface area (Å²) in [7, 11) is 3.61. The second-order valence-corrected chi connectivity index (χ2v) is 5.74. The molecule has 1 aromatic heterocycles. The third-order valence-corrected chi connectivity index (χ3v) is 3.14. The second-order valence-electron chi connectivity index (χ2n) is 5.74. The Hall–Kier alpha value is -1.84. The van der Waals surface area contributed by atoms with Crippen molar-refractivity contribution in [3.05, 3.63) is 29.6 Å². The fraction of sp³-hybridized carbons (Fsp3) is 0.467. The van der Waals surface area contributed by atoms with Crippen molar-refractivity contribution < 1.29 is 4.74 Å². The van der Waals surface area contributed by atoms with Crippen LogP contribution in [0.15, 0.2) is 18.2 Å². The molecule has 0 radical (unpaired) electrons. The molecule has 0 fully saturated rings. The van der Waals surface area contributed by atoms with Gasteiger partial charge in [-0.3, -0.25) is 0 Å². The molecular formula is C15H21N3O. The summed E-state index contributed by atoms with van der Waals surface area (Å²) in [5.41, 5.74) is 2.18. The van der Waals surface area contributed by atoms with Gasteiger partial charge < -0.3 is 4.74 Å². The summed E-state index contributed by atoms with van der Waals surface area (Å²) in [5, 5.41) is 4.30. The molecule has 0 saturated carbocycles. The quantitative estimate of drug-likeness (QED) is 0.832. The van der Waals surface area contributed by atoms with Crippen molar-refractivity contribution in [1.82, 2.24) is 14.8 Å². The van der Waals surface area contributed by atoms with E-state index < -0.39 is 0 Å². The number of aryl methyl sites for hydroxylation is 2. The van der Waals surface area contributed by atoms with Crippen molar-refractivity contribution in [1.29, 1.82) is 0 Å². The maximum Gasteiger partial charge on any atom is 0.161 e. The normalized spacial score (nSPS) is 11.7. The Morgan fingerprint density at radius 3 is 2.37 bits per heavy atom. The van der Waals surface area contributed by atoms with Gasteiger partial charge in [-0.25, -0.2) is 9.67 Å². The van der Waals surface area contributed by atoms with Crippen LogP contribution in [0.4, 0.5) is 0 Å². The molecule has 0 bridgehead atoms. The first kappa shape index (κ1) is 13.6. The van der Waals surface area contributed by atoms with Gasteiger partial charge in [0.15, 0.2) is 5.82 Å². The fourth-order valence-corrected chi connectivity index (χ4v) is 2.27. The highest BCUT2D eigenvalue weighted by molar-refractivity contribution is 5.67. The van der Waals surface area contributed by atoms with E-state index in [1.54, 1.807) is 11.8 Å². The zero-order chi connectivity index (χ0) is 14.2. The molecule has 19 heavy (non-hydrogen) atoms. The summed E-state index contributed by atoms with van der Waals surface area (Å²) in [6, 6.07) is 6.17. The van der Waals surface area contributed by atoms with E-state index in [1.807, 2.05) is 26.1 Å². The Labute approximate surface area is 114 Å². The van der Waals surface area contributed by atoms with Crippen LogP contribution >= 0.6 is 0 Å². The van der Waals surface area contributed by atoms with Crippen molar-refractivity contribution >= 4 is 0 Å². The molecule has 4 heteroatoms. The first-order valence-electron chi connectivity index (χ1n) is 6.40. The molecular weight excluding hydrogens is 238 g/mol. The lowest BCUT2D eigenvalue weighted by Crippen LogP contribution is -2.13. The van der Waals surface area contributed by atoms with Gasteiger partial charge in [0, 0.05) is 12.6 Å². The van der Waals surface area contributed by atoms with Crippen molar-refractivity contribution in [3.8, 4) is 17.1 Å². The number of methoxy groups -OCH3 is 1. The lowest BCUT2D eigenvalue weighted by atomic mass is 9.85. The highest BCUT2D eigenvalue weighted by Gasteiger charge is 2.23. The number of ether oxygens (including phenoxy) is 1. The molecule has 0 amide bonds. The van der Waals surface area contributed by atoms with Gasteiger partial charge in [-0.15, -0.1) is 0 Å². The predicted molar refractivity (Wildman–Crippen MR) is 76.4 cm³/mol. The van der Waals surface area contributed by atoms with Crippen LogP contribution in [0, 0.1) is 6.92 Å². The van der Waals surface area contributed by atoms with Gasteiger partial charge in [0.25, 0.3) is 0 Å².